The molecule has 2 rings (SSSR count). The molecular weight excluding hydrogens is 439 g/mol. The fourth-order valence-corrected chi connectivity index (χ4v) is 2.50. The summed E-state index contributed by atoms with van der Waals surface area (Å²) >= 11 is 0. The Bertz CT molecular complexity index is 647. The van der Waals surface area contributed by atoms with Gasteiger partial charge >= 0.3 is 0 Å². The van der Waals surface area contributed by atoms with Gasteiger partial charge in [-0.1, -0.05) is 25.1 Å². The van der Waals surface area contributed by atoms with E-state index in [0.29, 0.717) is 12.5 Å². The second-order valence-corrected chi connectivity index (χ2v) is 5.91. The maximum Gasteiger partial charge on any atom is 0.191 e. The summed E-state index contributed by atoms with van der Waals surface area (Å²) in [5.74, 6) is 2.19. The number of hydrogen-bond donors (Lipinski definition) is 2. The van der Waals surface area contributed by atoms with E-state index in [9.17, 15) is 0 Å². The molecular formula is C20H29IN4O. The molecule has 0 aliphatic heterocycles. The van der Waals surface area contributed by atoms with E-state index < -0.39 is 0 Å². The standard InChI is InChI=1S/C20H28N4O.HI/c1-4-21-20(24-15-18-7-5-6-13-22-18)23-14-12-16(2)17-8-10-19(25-3)11-9-17;/h5-11,13,16H,4,12,14-15H2,1-3H3,(H2,21,23,24);1H. The third kappa shape index (κ3) is 7.59. The highest BCUT2D eigenvalue weighted by molar-refractivity contribution is 14.0. The quantitative estimate of drug-likeness (QED) is 0.350. The lowest BCUT2D eigenvalue weighted by molar-refractivity contribution is 0.414. The first kappa shape index (κ1) is 22.2. The van der Waals surface area contributed by atoms with E-state index in [0.717, 1.165) is 36.9 Å². The van der Waals surface area contributed by atoms with Gasteiger partial charge in [0.05, 0.1) is 19.3 Å². The highest BCUT2D eigenvalue weighted by Crippen LogP contribution is 2.21. The van der Waals surface area contributed by atoms with Crippen molar-refractivity contribution in [2.75, 3.05) is 20.2 Å². The van der Waals surface area contributed by atoms with Crippen LogP contribution in [0.3, 0.4) is 0 Å². The Hall–Kier alpha value is -1.83. The van der Waals surface area contributed by atoms with E-state index in [-0.39, 0.29) is 24.0 Å². The predicted octanol–water partition coefficient (Wildman–Crippen LogP) is 3.96. The number of methoxy groups -OCH3 is 1. The van der Waals surface area contributed by atoms with Gasteiger partial charge in [0.2, 0.25) is 0 Å². The number of nitrogens with zero attached hydrogens (tertiary/aromatic N) is 2. The Morgan fingerprint density at radius 2 is 1.92 bits per heavy atom. The molecule has 0 amide bonds. The van der Waals surface area contributed by atoms with Crippen LogP contribution in [0.5, 0.6) is 5.75 Å². The predicted molar refractivity (Wildman–Crippen MR) is 118 cm³/mol. The fraction of sp³-hybridized carbons (Fsp3) is 0.400. The molecule has 1 heterocycles. The van der Waals surface area contributed by atoms with Crippen LogP contribution in [0.4, 0.5) is 0 Å². The Labute approximate surface area is 173 Å². The van der Waals surface area contributed by atoms with Crippen LogP contribution in [0.15, 0.2) is 53.7 Å². The normalized spacial score (nSPS) is 12.0. The summed E-state index contributed by atoms with van der Waals surface area (Å²) in [6.07, 6.45) is 2.82. The van der Waals surface area contributed by atoms with Crippen molar-refractivity contribution < 1.29 is 4.74 Å². The van der Waals surface area contributed by atoms with Crippen molar-refractivity contribution in [2.24, 2.45) is 4.99 Å². The lowest BCUT2D eigenvalue weighted by Gasteiger charge is -2.15. The first-order valence-electron chi connectivity index (χ1n) is 8.79. The average Bonchev–Trinajstić information content (AvgIpc) is 2.67. The highest BCUT2D eigenvalue weighted by Gasteiger charge is 2.06. The van der Waals surface area contributed by atoms with Crippen LogP contribution in [0, 0.1) is 0 Å². The minimum atomic E-state index is 0. The topological polar surface area (TPSA) is 58.5 Å². The number of benzene rings is 1. The number of hydrogen-bond acceptors (Lipinski definition) is 3. The Morgan fingerprint density at radius 3 is 2.54 bits per heavy atom. The van der Waals surface area contributed by atoms with Crippen LogP contribution in [-0.4, -0.2) is 31.1 Å². The van der Waals surface area contributed by atoms with Crippen LogP contribution < -0.4 is 15.4 Å². The summed E-state index contributed by atoms with van der Waals surface area (Å²) in [4.78, 5) is 8.89. The van der Waals surface area contributed by atoms with Gasteiger partial charge in [0.25, 0.3) is 0 Å². The van der Waals surface area contributed by atoms with E-state index in [1.54, 1.807) is 13.3 Å². The Kier molecular flexibility index (Phi) is 10.7. The number of aromatic nitrogens is 1. The van der Waals surface area contributed by atoms with Crippen molar-refractivity contribution in [3.8, 4) is 5.75 Å². The molecule has 1 aromatic carbocycles. The summed E-state index contributed by atoms with van der Waals surface area (Å²) in [6.45, 7) is 6.58. The third-order valence-electron chi connectivity index (χ3n) is 4.02. The van der Waals surface area contributed by atoms with Gasteiger partial charge in [-0.25, -0.2) is 4.99 Å². The highest BCUT2D eigenvalue weighted by atomic mass is 127. The van der Waals surface area contributed by atoms with Gasteiger partial charge in [-0.15, -0.1) is 24.0 Å². The van der Waals surface area contributed by atoms with Gasteiger partial charge in [-0.05, 0) is 49.1 Å². The summed E-state index contributed by atoms with van der Waals surface area (Å²) in [6, 6.07) is 14.2. The van der Waals surface area contributed by atoms with Crippen molar-refractivity contribution in [3.63, 3.8) is 0 Å². The van der Waals surface area contributed by atoms with Crippen molar-refractivity contribution in [1.82, 2.24) is 15.6 Å². The molecule has 0 aliphatic rings. The van der Waals surface area contributed by atoms with E-state index in [4.69, 9.17) is 4.74 Å². The SMILES string of the molecule is CCNC(=NCc1ccccn1)NCCC(C)c1ccc(OC)cc1.I. The summed E-state index contributed by atoms with van der Waals surface area (Å²) in [5, 5.41) is 6.68. The molecule has 5 nitrogen and oxygen atoms in total. The van der Waals surface area contributed by atoms with Gasteiger partial charge in [0, 0.05) is 19.3 Å². The molecule has 2 N–H and O–H groups in total. The minimum Gasteiger partial charge on any atom is -0.497 e. The van der Waals surface area contributed by atoms with Crippen molar-refractivity contribution >= 4 is 29.9 Å². The van der Waals surface area contributed by atoms with Crippen LogP contribution >= 0.6 is 24.0 Å². The molecule has 26 heavy (non-hydrogen) atoms. The largest absolute Gasteiger partial charge is 0.497 e. The molecule has 2 aromatic rings. The molecule has 0 aliphatic carbocycles. The molecule has 0 spiro atoms. The van der Waals surface area contributed by atoms with E-state index in [1.165, 1.54) is 5.56 Å². The monoisotopic (exact) mass is 468 g/mol. The molecule has 1 atom stereocenters. The lowest BCUT2D eigenvalue weighted by atomic mass is 9.98. The molecule has 0 bridgehead atoms. The molecule has 0 saturated heterocycles. The first-order chi connectivity index (χ1) is 12.2. The fourth-order valence-electron chi connectivity index (χ4n) is 2.50. The summed E-state index contributed by atoms with van der Waals surface area (Å²) in [5.41, 5.74) is 2.28. The summed E-state index contributed by atoms with van der Waals surface area (Å²) in [7, 11) is 1.69. The van der Waals surface area contributed by atoms with Gasteiger partial charge in [-0.3, -0.25) is 4.98 Å². The minimum absolute atomic E-state index is 0. The summed E-state index contributed by atoms with van der Waals surface area (Å²) < 4.78 is 5.21. The van der Waals surface area contributed by atoms with E-state index in [1.807, 2.05) is 30.3 Å². The van der Waals surface area contributed by atoms with Gasteiger partial charge in [0.15, 0.2) is 5.96 Å². The second kappa shape index (κ2) is 12.5. The van der Waals surface area contributed by atoms with Crippen LogP contribution in [0.1, 0.15) is 37.4 Å². The number of nitrogens with one attached hydrogen (secondary N) is 2. The van der Waals surface area contributed by atoms with Crippen molar-refractivity contribution in [3.05, 3.63) is 59.9 Å². The zero-order valence-electron chi connectivity index (χ0n) is 15.7. The average molecular weight is 468 g/mol. The maximum atomic E-state index is 5.21. The molecule has 1 aromatic heterocycles. The number of halogens is 1. The number of guanidine groups is 1. The smallest absolute Gasteiger partial charge is 0.191 e. The number of ether oxygens (including phenoxy) is 1. The molecule has 0 radical (unpaired) electrons. The Morgan fingerprint density at radius 1 is 1.15 bits per heavy atom. The van der Waals surface area contributed by atoms with Gasteiger partial charge in [-0.2, -0.15) is 0 Å². The second-order valence-electron chi connectivity index (χ2n) is 5.91. The molecule has 0 fully saturated rings. The zero-order valence-corrected chi connectivity index (χ0v) is 18.1. The molecule has 142 valence electrons. The van der Waals surface area contributed by atoms with Gasteiger partial charge in [0.1, 0.15) is 5.75 Å². The van der Waals surface area contributed by atoms with Crippen molar-refractivity contribution in [1.29, 1.82) is 0 Å². The number of rotatable bonds is 8. The molecule has 6 heteroatoms. The zero-order chi connectivity index (χ0) is 17.9. The molecule has 0 saturated carbocycles. The number of pyridine rings is 1. The lowest BCUT2D eigenvalue weighted by Crippen LogP contribution is -2.38. The third-order valence-corrected chi connectivity index (χ3v) is 4.02. The first-order valence-corrected chi connectivity index (χ1v) is 8.79. The van der Waals surface area contributed by atoms with E-state index in [2.05, 4.69) is 46.6 Å². The molecule has 1 unspecified atom stereocenters. The van der Waals surface area contributed by atoms with Crippen molar-refractivity contribution in [2.45, 2.75) is 32.7 Å². The number of aliphatic imine (C=N–C) groups is 1. The van der Waals surface area contributed by atoms with Crippen LogP contribution in [-0.2, 0) is 6.54 Å². The maximum absolute atomic E-state index is 5.21. The van der Waals surface area contributed by atoms with Crippen LogP contribution in [0.25, 0.3) is 0 Å². The van der Waals surface area contributed by atoms with E-state index >= 15 is 0 Å². The Balaban J connectivity index is 0.00000338. The van der Waals surface area contributed by atoms with Crippen LogP contribution in [0.2, 0.25) is 0 Å². The van der Waals surface area contributed by atoms with Gasteiger partial charge < -0.3 is 15.4 Å².